The maximum atomic E-state index is 11.4. The molecule has 0 N–H and O–H groups in total. The first-order chi connectivity index (χ1) is 7.06. The van der Waals surface area contributed by atoms with Gasteiger partial charge in [-0.05, 0) is 39.4 Å². The number of rotatable bonds is 6. The van der Waals surface area contributed by atoms with E-state index in [4.69, 9.17) is 4.74 Å². The molecule has 0 aromatic heterocycles. The molecular weight excluding hydrogens is 190 g/mol. The van der Waals surface area contributed by atoms with Gasteiger partial charge in [0.15, 0.2) is 0 Å². The number of likely N-dealkylation sites (N-methyl/N-ethyl adjacent to an activating group) is 1. The molecule has 0 aromatic rings. The number of hydrogen-bond donors (Lipinski definition) is 0. The van der Waals surface area contributed by atoms with Crippen LogP contribution in [0.3, 0.4) is 0 Å². The Hall–Kier alpha value is -0.830. The van der Waals surface area contributed by atoms with E-state index < -0.39 is 0 Å². The van der Waals surface area contributed by atoms with Crippen LogP contribution < -0.4 is 0 Å². The monoisotopic (exact) mass is 213 g/mol. The van der Waals surface area contributed by atoms with Crippen LogP contribution in [0.1, 0.15) is 34.6 Å². The Morgan fingerprint density at radius 1 is 1.13 bits per heavy atom. The van der Waals surface area contributed by atoms with Crippen LogP contribution in [-0.2, 0) is 9.53 Å². The van der Waals surface area contributed by atoms with Crippen LogP contribution >= 0.6 is 0 Å². The molecule has 0 bridgehead atoms. The molecule has 0 spiro atoms. The van der Waals surface area contributed by atoms with Gasteiger partial charge in [-0.2, -0.15) is 0 Å². The molecule has 0 aromatic carbocycles. The molecule has 0 saturated carbocycles. The van der Waals surface area contributed by atoms with Crippen LogP contribution in [0.2, 0.25) is 0 Å². The van der Waals surface area contributed by atoms with Gasteiger partial charge in [-0.1, -0.05) is 13.8 Å². The van der Waals surface area contributed by atoms with Gasteiger partial charge < -0.3 is 4.74 Å². The molecule has 3 nitrogen and oxygen atoms in total. The molecule has 0 aliphatic heterocycles. The molecular formula is C12H23NO2. The van der Waals surface area contributed by atoms with Gasteiger partial charge in [-0.15, -0.1) is 0 Å². The minimum Gasteiger partial charge on any atom is -0.463 e. The predicted molar refractivity (Wildman–Crippen MR) is 62.8 cm³/mol. The second-order valence-electron chi connectivity index (χ2n) is 3.59. The van der Waals surface area contributed by atoms with E-state index in [1.807, 2.05) is 20.8 Å². The first-order valence-corrected chi connectivity index (χ1v) is 5.62. The summed E-state index contributed by atoms with van der Waals surface area (Å²) in [6.07, 6.45) is 0. The minimum atomic E-state index is -0.192. The van der Waals surface area contributed by atoms with E-state index in [1.165, 1.54) is 0 Å². The van der Waals surface area contributed by atoms with Crippen LogP contribution in [0.4, 0.5) is 0 Å². The zero-order valence-electron chi connectivity index (χ0n) is 10.6. The fourth-order valence-corrected chi connectivity index (χ4v) is 1.31. The second kappa shape index (κ2) is 7.46. The largest absolute Gasteiger partial charge is 0.463 e. The van der Waals surface area contributed by atoms with Crippen LogP contribution in [0.15, 0.2) is 11.1 Å². The van der Waals surface area contributed by atoms with Crippen LogP contribution in [0.5, 0.6) is 0 Å². The van der Waals surface area contributed by atoms with Gasteiger partial charge in [0.05, 0.1) is 6.61 Å². The number of esters is 1. The van der Waals surface area contributed by atoms with E-state index in [9.17, 15) is 4.79 Å². The third-order valence-electron chi connectivity index (χ3n) is 2.58. The van der Waals surface area contributed by atoms with E-state index >= 15 is 0 Å². The fourth-order valence-electron chi connectivity index (χ4n) is 1.31. The number of carbonyl (C=O) groups is 1. The quantitative estimate of drug-likeness (QED) is 0.500. The van der Waals surface area contributed by atoms with E-state index in [0.29, 0.717) is 6.61 Å². The SMILES string of the molecule is CCOC(=O)/C(C)=C(/C)CN(CC)CC. The molecule has 0 amide bonds. The van der Waals surface area contributed by atoms with Gasteiger partial charge in [-0.3, -0.25) is 4.90 Å². The van der Waals surface area contributed by atoms with Gasteiger partial charge in [0.25, 0.3) is 0 Å². The standard InChI is InChI=1S/C12H23NO2/c1-6-13(7-2)9-10(4)11(5)12(14)15-8-3/h6-9H2,1-5H3/b11-10-. The number of hydrogen-bond acceptors (Lipinski definition) is 3. The average molecular weight is 213 g/mol. The molecule has 0 saturated heterocycles. The van der Waals surface area contributed by atoms with Gasteiger partial charge in [0, 0.05) is 12.1 Å². The van der Waals surface area contributed by atoms with Gasteiger partial charge >= 0.3 is 5.97 Å². The van der Waals surface area contributed by atoms with Crippen molar-refractivity contribution >= 4 is 5.97 Å². The highest BCUT2D eigenvalue weighted by Crippen LogP contribution is 2.07. The summed E-state index contributed by atoms with van der Waals surface area (Å²) in [5.74, 6) is -0.192. The molecule has 3 heteroatoms. The van der Waals surface area contributed by atoms with Crippen molar-refractivity contribution in [3.63, 3.8) is 0 Å². The minimum absolute atomic E-state index is 0.192. The number of carbonyl (C=O) groups excluding carboxylic acids is 1. The molecule has 0 aliphatic carbocycles. The highest BCUT2D eigenvalue weighted by Gasteiger charge is 2.10. The van der Waals surface area contributed by atoms with E-state index in [2.05, 4.69) is 18.7 Å². The molecule has 0 aliphatic rings. The first kappa shape index (κ1) is 14.2. The summed E-state index contributed by atoms with van der Waals surface area (Å²) in [7, 11) is 0. The average Bonchev–Trinajstić information content (AvgIpc) is 2.24. The highest BCUT2D eigenvalue weighted by atomic mass is 16.5. The van der Waals surface area contributed by atoms with Crippen molar-refractivity contribution in [3.05, 3.63) is 11.1 Å². The highest BCUT2D eigenvalue weighted by molar-refractivity contribution is 5.88. The summed E-state index contributed by atoms with van der Waals surface area (Å²) in [4.78, 5) is 13.7. The predicted octanol–water partition coefficient (Wildman–Crippen LogP) is 2.23. The zero-order chi connectivity index (χ0) is 11.8. The van der Waals surface area contributed by atoms with Gasteiger partial charge in [0.1, 0.15) is 0 Å². The lowest BCUT2D eigenvalue weighted by Crippen LogP contribution is -2.25. The molecule has 88 valence electrons. The number of ether oxygens (including phenoxy) is 1. The van der Waals surface area contributed by atoms with Crippen molar-refractivity contribution in [3.8, 4) is 0 Å². The summed E-state index contributed by atoms with van der Waals surface area (Å²) < 4.78 is 4.96. The lowest BCUT2D eigenvalue weighted by Gasteiger charge is -2.19. The molecule has 0 radical (unpaired) electrons. The summed E-state index contributed by atoms with van der Waals surface area (Å²) in [5, 5.41) is 0. The topological polar surface area (TPSA) is 29.5 Å². The Balaban J connectivity index is 4.42. The van der Waals surface area contributed by atoms with Crippen molar-refractivity contribution < 1.29 is 9.53 Å². The van der Waals surface area contributed by atoms with Gasteiger partial charge in [-0.25, -0.2) is 4.79 Å². The van der Waals surface area contributed by atoms with Crippen molar-refractivity contribution in [2.24, 2.45) is 0 Å². The Labute approximate surface area is 93.1 Å². The fraction of sp³-hybridized carbons (Fsp3) is 0.750. The van der Waals surface area contributed by atoms with Crippen molar-refractivity contribution in [1.82, 2.24) is 4.90 Å². The summed E-state index contributed by atoms with van der Waals surface area (Å²) in [6.45, 7) is 13.2. The maximum Gasteiger partial charge on any atom is 0.333 e. The lowest BCUT2D eigenvalue weighted by atomic mass is 10.1. The lowest BCUT2D eigenvalue weighted by molar-refractivity contribution is -0.138. The van der Waals surface area contributed by atoms with Crippen LogP contribution in [-0.4, -0.2) is 37.1 Å². The molecule has 0 atom stereocenters. The summed E-state index contributed by atoms with van der Waals surface area (Å²) in [6, 6.07) is 0. The summed E-state index contributed by atoms with van der Waals surface area (Å²) >= 11 is 0. The van der Waals surface area contributed by atoms with Gasteiger partial charge in [0.2, 0.25) is 0 Å². The van der Waals surface area contributed by atoms with E-state index in [1.54, 1.807) is 0 Å². The smallest absolute Gasteiger partial charge is 0.333 e. The number of nitrogens with zero attached hydrogens (tertiary/aromatic N) is 1. The van der Waals surface area contributed by atoms with Crippen LogP contribution in [0, 0.1) is 0 Å². The molecule has 0 unspecified atom stereocenters. The summed E-state index contributed by atoms with van der Waals surface area (Å²) in [5.41, 5.74) is 1.83. The van der Waals surface area contributed by atoms with Crippen LogP contribution in [0.25, 0.3) is 0 Å². The second-order valence-corrected chi connectivity index (χ2v) is 3.59. The van der Waals surface area contributed by atoms with Crippen molar-refractivity contribution in [2.75, 3.05) is 26.2 Å². The van der Waals surface area contributed by atoms with Crippen molar-refractivity contribution in [2.45, 2.75) is 34.6 Å². The Bertz CT molecular complexity index is 230. The molecule has 0 fully saturated rings. The first-order valence-electron chi connectivity index (χ1n) is 5.62. The molecule has 15 heavy (non-hydrogen) atoms. The van der Waals surface area contributed by atoms with E-state index in [-0.39, 0.29) is 5.97 Å². The molecule has 0 heterocycles. The molecule has 0 rings (SSSR count). The Morgan fingerprint density at radius 2 is 1.67 bits per heavy atom. The third kappa shape index (κ3) is 4.98. The zero-order valence-corrected chi connectivity index (χ0v) is 10.6. The third-order valence-corrected chi connectivity index (χ3v) is 2.58. The van der Waals surface area contributed by atoms with E-state index in [0.717, 1.165) is 30.8 Å². The van der Waals surface area contributed by atoms with Crippen molar-refractivity contribution in [1.29, 1.82) is 0 Å². The Kier molecular flexibility index (Phi) is 7.05. The normalized spacial score (nSPS) is 12.7. The maximum absolute atomic E-state index is 11.4. The Morgan fingerprint density at radius 3 is 2.07 bits per heavy atom.